The smallest absolute Gasteiger partial charge is 0.272 e. The Morgan fingerprint density at radius 1 is 1.67 bits per heavy atom. The summed E-state index contributed by atoms with van der Waals surface area (Å²) in [5.41, 5.74) is 4.64. The number of ether oxygens (including phenoxy) is 1. The summed E-state index contributed by atoms with van der Waals surface area (Å²) in [7, 11) is 0. The van der Waals surface area contributed by atoms with Crippen LogP contribution in [0.2, 0.25) is 0 Å². The summed E-state index contributed by atoms with van der Waals surface area (Å²) in [5.74, 6) is -1.28. The van der Waals surface area contributed by atoms with Gasteiger partial charge in [-0.3, -0.25) is 15.5 Å². The minimum absolute atomic E-state index is 0.171. The molecule has 15 heavy (non-hydrogen) atoms. The van der Waals surface area contributed by atoms with E-state index in [1.165, 1.54) is 0 Å². The standard InChI is InChI=1S/C8H8FN3O3/c9-6-3-5(12(13)14)1-2-7(6)15-4-8(10)11/h1-3H,4H2,(H3,10,11). The number of nitrogens with one attached hydrogen (secondary N) is 1. The monoisotopic (exact) mass is 213 g/mol. The lowest BCUT2D eigenvalue weighted by Crippen LogP contribution is -2.19. The number of benzene rings is 1. The number of hydrogen-bond donors (Lipinski definition) is 2. The molecule has 6 nitrogen and oxygen atoms in total. The lowest BCUT2D eigenvalue weighted by molar-refractivity contribution is -0.385. The van der Waals surface area contributed by atoms with Gasteiger partial charge in [0.15, 0.2) is 11.6 Å². The fourth-order valence-corrected chi connectivity index (χ4v) is 0.876. The van der Waals surface area contributed by atoms with Crippen LogP contribution in [0.1, 0.15) is 0 Å². The molecule has 0 fully saturated rings. The van der Waals surface area contributed by atoms with Crippen LogP contribution in [0.3, 0.4) is 0 Å². The van der Waals surface area contributed by atoms with Crippen LogP contribution in [-0.4, -0.2) is 17.4 Å². The van der Waals surface area contributed by atoms with Crippen molar-refractivity contribution in [2.45, 2.75) is 0 Å². The summed E-state index contributed by atoms with van der Waals surface area (Å²) >= 11 is 0. The molecule has 0 spiro atoms. The summed E-state index contributed by atoms with van der Waals surface area (Å²) in [4.78, 5) is 9.56. The maximum absolute atomic E-state index is 13.1. The van der Waals surface area contributed by atoms with Gasteiger partial charge in [-0.1, -0.05) is 0 Å². The Balaban J connectivity index is 2.83. The van der Waals surface area contributed by atoms with Crippen molar-refractivity contribution in [2.24, 2.45) is 5.73 Å². The van der Waals surface area contributed by atoms with Crippen molar-refractivity contribution in [1.29, 1.82) is 5.41 Å². The summed E-state index contributed by atoms with van der Waals surface area (Å²) < 4.78 is 17.9. The van der Waals surface area contributed by atoms with Crippen LogP contribution in [0, 0.1) is 21.3 Å². The van der Waals surface area contributed by atoms with Gasteiger partial charge in [-0.15, -0.1) is 0 Å². The molecular weight excluding hydrogens is 205 g/mol. The number of rotatable bonds is 4. The maximum Gasteiger partial charge on any atom is 0.272 e. The normalized spacial score (nSPS) is 9.67. The molecule has 1 aromatic carbocycles. The van der Waals surface area contributed by atoms with E-state index in [1.54, 1.807) is 0 Å². The molecule has 0 bridgehead atoms. The quantitative estimate of drug-likeness (QED) is 0.337. The van der Waals surface area contributed by atoms with Gasteiger partial charge in [-0.05, 0) is 6.07 Å². The van der Waals surface area contributed by atoms with E-state index in [-0.39, 0.29) is 23.9 Å². The van der Waals surface area contributed by atoms with Crippen molar-refractivity contribution in [2.75, 3.05) is 6.61 Å². The Morgan fingerprint density at radius 3 is 2.80 bits per heavy atom. The molecule has 3 N–H and O–H groups in total. The van der Waals surface area contributed by atoms with Gasteiger partial charge in [0, 0.05) is 6.07 Å². The predicted octanol–water partition coefficient (Wildman–Crippen LogP) is 1.05. The number of hydrogen-bond acceptors (Lipinski definition) is 4. The molecule has 0 aliphatic carbocycles. The third kappa shape index (κ3) is 2.90. The van der Waals surface area contributed by atoms with Crippen molar-refractivity contribution in [3.05, 3.63) is 34.1 Å². The van der Waals surface area contributed by atoms with Crippen molar-refractivity contribution in [3.63, 3.8) is 0 Å². The van der Waals surface area contributed by atoms with Crippen LogP contribution in [0.25, 0.3) is 0 Å². The Hall–Kier alpha value is -2.18. The van der Waals surface area contributed by atoms with Crippen LogP contribution in [-0.2, 0) is 0 Å². The zero-order chi connectivity index (χ0) is 11.4. The van der Waals surface area contributed by atoms with E-state index in [2.05, 4.69) is 0 Å². The highest BCUT2D eigenvalue weighted by Crippen LogP contribution is 2.22. The first kappa shape index (κ1) is 10.9. The van der Waals surface area contributed by atoms with Crippen molar-refractivity contribution < 1.29 is 14.1 Å². The Morgan fingerprint density at radius 2 is 2.33 bits per heavy atom. The molecule has 0 saturated carbocycles. The third-order valence-electron chi connectivity index (χ3n) is 1.51. The molecule has 1 aromatic rings. The molecule has 0 aliphatic rings. The number of nitrogens with zero attached hydrogens (tertiary/aromatic N) is 1. The average molecular weight is 213 g/mol. The van der Waals surface area contributed by atoms with Crippen LogP contribution in [0.5, 0.6) is 5.75 Å². The van der Waals surface area contributed by atoms with Gasteiger partial charge < -0.3 is 10.5 Å². The summed E-state index contributed by atoms with van der Waals surface area (Å²) in [5, 5.41) is 17.1. The SMILES string of the molecule is N=C(N)COc1ccc([N+](=O)[O-])cc1F. The summed E-state index contributed by atoms with van der Waals surface area (Å²) in [6.07, 6.45) is 0. The predicted molar refractivity (Wildman–Crippen MR) is 50.5 cm³/mol. The highest BCUT2D eigenvalue weighted by atomic mass is 19.1. The van der Waals surface area contributed by atoms with Gasteiger partial charge in [0.25, 0.3) is 5.69 Å². The second-order valence-electron chi connectivity index (χ2n) is 2.69. The second-order valence-corrected chi connectivity index (χ2v) is 2.69. The molecule has 0 amide bonds. The fourth-order valence-electron chi connectivity index (χ4n) is 0.876. The minimum Gasteiger partial charge on any atom is -0.483 e. The first-order chi connectivity index (χ1) is 7.00. The molecule has 80 valence electrons. The van der Waals surface area contributed by atoms with Crippen LogP contribution < -0.4 is 10.5 Å². The topological polar surface area (TPSA) is 102 Å². The lowest BCUT2D eigenvalue weighted by Gasteiger charge is -2.05. The van der Waals surface area contributed by atoms with Crippen molar-refractivity contribution in [1.82, 2.24) is 0 Å². The number of amidine groups is 1. The maximum atomic E-state index is 13.1. The molecule has 0 unspecified atom stereocenters. The number of nitro groups is 1. The van der Waals surface area contributed by atoms with Crippen LogP contribution in [0.4, 0.5) is 10.1 Å². The highest BCUT2D eigenvalue weighted by molar-refractivity contribution is 5.78. The molecule has 0 aromatic heterocycles. The largest absolute Gasteiger partial charge is 0.483 e. The van der Waals surface area contributed by atoms with E-state index in [4.69, 9.17) is 15.9 Å². The van der Waals surface area contributed by atoms with Crippen LogP contribution in [0.15, 0.2) is 18.2 Å². The molecule has 1 rings (SSSR count). The molecule has 0 aliphatic heterocycles. The van der Waals surface area contributed by atoms with E-state index >= 15 is 0 Å². The van der Waals surface area contributed by atoms with Crippen molar-refractivity contribution >= 4 is 11.5 Å². The lowest BCUT2D eigenvalue weighted by atomic mass is 10.3. The third-order valence-corrected chi connectivity index (χ3v) is 1.51. The summed E-state index contributed by atoms with van der Waals surface area (Å²) in [6.45, 7) is -0.255. The summed E-state index contributed by atoms with van der Waals surface area (Å²) in [6, 6.07) is 2.98. The van der Waals surface area contributed by atoms with Gasteiger partial charge in [-0.2, -0.15) is 0 Å². The molecule has 0 heterocycles. The second kappa shape index (κ2) is 4.36. The van der Waals surface area contributed by atoms with Gasteiger partial charge in [0.1, 0.15) is 12.4 Å². The van der Waals surface area contributed by atoms with Crippen LogP contribution >= 0.6 is 0 Å². The molecule has 0 radical (unpaired) electrons. The van der Waals surface area contributed by atoms with Crippen molar-refractivity contribution in [3.8, 4) is 5.75 Å². The highest BCUT2D eigenvalue weighted by Gasteiger charge is 2.11. The Kier molecular flexibility index (Phi) is 3.17. The zero-order valence-corrected chi connectivity index (χ0v) is 7.57. The van der Waals surface area contributed by atoms with Gasteiger partial charge in [0.05, 0.1) is 11.0 Å². The molecule has 0 saturated heterocycles. The first-order valence-corrected chi connectivity index (χ1v) is 3.90. The van der Waals surface area contributed by atoms with E-state index in [9.17, 15) is 14.5 Å². The molecule has 7 heteroatoms. The van der Waals surface area contributed by atoms with Gasteiger partial charge in [0.2, 0.25) is 0 Å². The van der Waals surface area contributed by atoms with E-state index in [0.717, 1.165) is 18.2 Å². The molecule has 0 atom stereocenters. The Labute approximate surface area is 84.1 Å². The van der Waals surface area contributed by atoms with Gasteiger partial charge in [-0.25, -0.2) is 4.39 Å². The average Bonchev–Trinajstić information content (AvgIpc) is 2.15. The zero-order valence-electron chi connectivity index (χ0n) is 7.57. The van der Waals surface area contributed by atoms with E-state index in [1.807, 2.05) is 0 Å². The molecular formula is C8H8FN3O3. The van der Waals surface area contributed by atoms with E-state index < -0.39 is 10.7 Å². The van der Waals surface area contributed by atoms with Gasteiger partial charge >= 0.3 is 0 Å². The fraction of sp³-hybridized carbons (Fsp3) is 0.125. The minimum atomic E-state index is -0.856. The Bertz CT molecular complexity index is 408. The first-order valence-electron chi connectivity index (χ1n) is 3.90. The number of nitrogens with two attached hydrogens (primary N) is 1. The number of nitro benzene ring substituents is 1. The number of halogens is 1. The van der Waals surface area contributed by atoms with E-state index in [0.29, 0.717) is 0 Å². The number of non-ortho nitro benzene ring substituents is 1.